The van der Waals surface area contributed by atoms with Crippen LogP contribution >= 0.6 is 0 Å². The second-order valence-electron chi connectivity index (χ2n) is 13.9. The van der Waals surface area contributed by atoms with E-state index in [1.165, 1.54) is 50.1 Å². The maximum atomic E-state index is 6.50. The molecule has 0 saturated carbocycles. The zero-order valence-electron chi connectivity index (χ0n) is 28.3. The van der Waals surface area contributed by atoms with Crippen LogP contribution in [0.1, 0.15) is 44.9 Å². The van der Waals surface area contributed by atoms with Gasteiger partial charge in [-0.15, -0.1) is 0 Å². The Balaban J connectivity index is 1.09. The zero-order chi connectivity index (χ0) is 34.2. The van der Waals surface area contributed by atoms with Gasteiger partial charge in [0.25, 0.3) is 0 Å². The summed E-state index contributed by atoms with van der Waals surface area (Å²) in [6, 6.07) is 55.9. The standard InChI is InChI=1S/C48H31N3O/c1-3-12-29(13-4-1)46-49-47(30-14-5-2-6-15-30)51-48(50-46)39-20-11-21-42-44(39)40-28-31(22-23-41(40)52-42)34-26-35-24-32-16-7-9-18-37(32)45-38-19-10-8-17-33(38)25-36(27-34)43(35)45/h1-23,26-28,45H,24-25H2. The predicted molar refractivity (Wildman–Crippen MR) is 208 cm³/mol. The van der Waals surface area contributed by atoms with Crippen LogP contribution in [-0.2, 0) is 12.8 Å². The number of aromatic nitrogens is 3. The van der Waals surface area contributed by atoms with Gasteiger partial charge in [-0.25, -0.2) is 15.0 Å². The average Bonchev–Trinajstić information content (AvgIpc) is 3.59. The second kappa shape index (κ2) is 11.4. The number of fused-ring (bicyclic) bond motifs is 7. The minimum Gasteiger partial charge on any atom is -0.456 e. The summed E-state index contributed by atoms with van der Waals surface area (Å²) in [5, 5.41) is 2.05. The van der Waals surface area contributed by atoms with Gasteiger partial charge in [-0.2, -0.15) is 0 Å². The van der Waals surface area contributed by atoms with Crippen LogP contribution in [0.2, 0.25) is 0 Å². The van der Waals surface area contributed by atoms with Gasteiger partial charge >= 0.3 is 0 Å². The molecule has 0 amide bonds. The molecule has 2 aromatic heterocycles. The van der Waals surface area contributed by atoms with E-state index >= 15 is 0 Å². The van der Waals surface area contributed by atoms with Crippen LogP contribution in [0.4, 0.5) is 0 Å². The SMILES string of the molecule is c1ccc(-c2nc(-c3ccccc3)nc(-c3cccc4oc5ccc(-c6cc7c8c(c6)Cc6ccccc6C8c6ccccc6C7)cc5c34)n2)cc1. The first-order valence-corrected chi connectivity index (χ1v) is 17.9. The van der Waals surface area contributed by atoms with E-state index in [1.54, 1.807) is 0 Å². The third-order valence-corrected chi connectivity index (χ3v) is 10.9. The molecule has 2 aliphatic rings. The maximum absolute atomic E-state index is 6.50. The molecule has 0 saturated heterocycles. The van der Waals surface area contributed by atoms with Gasteiger partial charge in [-0.1, -0.05) is 140 Å². The van der Waals surface area contributed by atoms with Crippen molar-refractivity contribution in [3.05, 3.63) is 197 Å². The second-order valence-corrected chi connectivity index (χ2v) is 13.9. The smallest absolute Gasteiger partial charge is 0.164 e. The van der Waals surface area contributed by atoms with Crippen LogP contribution in [0, 0.1) is 0 Å². The van der Waals surface area contributed by atoms with Crippen molar-refractivity contribution in [2.45, 2.75) is 18.8 Å². The summed E-state index contributed by atoms with van der Waals surface area (Å²) in [6.45, 7) is 0. The molecule has 0 radical (unpaired) electrons. The molecule has 0 spiro atoms. The summed E-state index contributed by atoms with van der Waals surface area (Å²) in [5.41, 5.74) is 16.9. The average molecular weight is 666 g/mol. The van der Waals surface area contributed by atoms with Crippen molar-refractivity contribution in [2.24, 2.45) is 0 Å². The molecular weight excluding hydrogens is 635 g/mol. The van der Waals surface area contributed by atoms with E-state index < -0.39 is 0 Å². The van der Waals surface area contributed by atoms with Crippen molar-refractivity contribution in [3.63, 3.8) is 0 Å². The molecule has 0 unspecified atom stereocenters. The monoisotopic (exact) mass is 665 g/mol. The molecule has 0 bridgehead atoms. The lowest BCUT2D eigenvalue weighted by atomic mass is 9.67. The molecule has 4 heteroatoms. The molecule has 244 valence electrons. The Hall–Kier alpha value is -6.65. The van der Waals surface area contributed by atoms with Gasteiger partial charge in [-0.3, -0.25) is 0 Å². The van der Waals surface area contributed by atoms with Gasteiger partial charge in [0.1, 0.15) is 11.2 Å². The maximum Gasteiger partial charge on any atom is 0.164 e. The number of hydrogen-bond donors (Lipinski definition) is 0. The lowest BCUT2D eigenvalue weighted by Gasteiger charge is -2.36. The van der Waals surface area contributed by atoms with Crippen LogP contribution in [0.3, 0.4) is 0 Å². The van der Waals surface area contributed by atoms with E-state index in [1.807, 2.05) is 72.8 Å². The first kappa shape index (κ1) is 29.1. The fraction of sp³-hybridized carbons (Fsp3) is 0.0625. The molecule has 0 fully saturated rings. The van der Waals surface area contributed by atoms with Crippen LogP contribution < -0.4 is 0 Å². The van der Waals surface area contributed by atoms with Crippen molar-refractivity contribution < 1.29 is 4.42 Å². The highest BCUT2D eigenvalue weighted by molar-refractivity contribution is 6.12. The van der Waals surface area contributed by atoms with E-state index in [-0.39, 0.29) is 5.92 Å². The van der Waals surface area contributed by atoms with Crippen molar-refractivity contribution in [2.75, 3.05) is 0 Å². The Morgan fingerprint density at radius 2 is 1.00 bits per heavy atom. The lowest BCUT2D eigenvalue weighted by Crippen LogP contribution is -2.22. The van der Waals surface area contributed by atoms with E-state index in [2.05, 4.69) is 84.9 Å². The Morgan fingerprint density at radius 1 is 0.423 bits per heavy atom. The molecule has 0 N–H and O–H groups in total. The van der Waals surface area contributed by atoms with Crippen molar-refractivity contribution in [3.8, 4) is 45.3 Å². The number of benzene rings is 7. The van der Waals surface area contributed by atoms with Gasteiger partial charge in [-0.05, 0) is 81.1 Å². The summed E-state index contributed by atoms with van der Waals surface area (Å²) in [4.78, 5) is 15.1. The van der Waals surface area contributed by atoms with E-state index in [4.69, 9.17) is 19.4 Å². The minimum atomic E-state index is 0.277. The molecule has 9 aromatic rings. The first-order valence-electron chi connectivity index (χ1n) is 17.9. The molecule has 0 aliphatic heterocycles. The highest BCUT2D eigenvalue weighted by Gasteiger charge is 2.34. The van der Waals surface area contributed by atoms with E-state index in [0.29, 0.717) is 17.5 Å². The van der Waals surface area contributed by atoms with Crippen LogP contribution in [0.5, 0.6) is 0 Å². The lowest BCUT2D eigenvalue weighted by molar-refractivity contribution is 0.669. The van der Waals surface area contributed by atoms with Gasteiger partial charge in [0, 0.05) is 33.4 Å². The molecule has 2 aliphatic carbocycles. The highest BCUT2D eigenvalue weighted by Crippen LogP contribution is 2.49. The van der Waals surface area contributed by atoms with Crippen molar-refractivity contribution in [1.29, 1.82) is 0 Å². The van der Waals surface area contributed by atoms with Gasteiger partial charge < -0.3 is 4.42 Å². The van der Waals surface area contributed by atoms with Crippen LogP contribution in [0.15, 0.2) is 162 Å². The minimum absolute atomic E-state index is 0.277. The Bertz CT molecular complexity index is 2730. The summed E-state index contributed by atoms with van der Waals surface area (Å²) in [7, 11) is 0. The molecular formula is C48H31N3O. The quantitative estimate of drug-likeness (QED) is 0.188. The number of rotatable bonds is 4. The van der Waals surface area contributed by atoms with E-state index in [9.17, 15) is 0 Å². The molecule has 11 rings (SSSR count). The Morgan fingerprint density at radius 3 is 1.63 bits per heavy atom. The van der Waals surface area contributed by atoms with Gasteiger partial charge in [0.05, 0.1) is 0 Å². The normalized spacial score (nSPS) is 13.2. The van der Waals surface area contributed by atoms with Crippen molar-refractivity contribution in [1.82, 2.24) is 15.0 Å². The number of hydrogen-bond acceptors (Lipinski definition) is 4. The first-order chi connectivity index (χ1) is 25.7. The van der Waals surface area contributed by atoms with Crippen LogP contribution in [0.25, 0.3) is 67.2 Å². The van der Waals surface area contributed by atoms with Crippen molar-refractivity contribution >= 4 is 21.9 Å². The molecule has 52 heavy (non-hydrogen) atoms. The van der Waals surface area contributed by atoms with Crippen LogP contribution in [-0.4, -0.2) is 15.0 Å². The third kappa shape index (κ3) is 4.58. The molecule has 7 aromatic carbocycles. The third-order valence-electron chi connectivity index (χ3n) is 10.9. The molecule has 2 heterocycles. The molecule has 4 nitrogen and oxygen atoms in total. The summed E-state index contributed by atoms with van der Waals surface area (Å²) >= 11 is 0. The number of nitrogens with zero attached hydrogens (tertiary/aromatic N) is 3. The summed E-state index contributed by atoms with van der Waals surface area (Å²) in [6.07, 6.45) is 1.89. The van der Waals surface area contributed by atoms with Gasteiger partial charge in [0.15, 0.2) is 17.5 Å². The molecule has 0 atom stereocenters. The summed E-state index contributed by atoms with van der Waals surface area (Å²) in [5.74, 6) is 2.17. The van der Waals surface area contributed by atoms with E-state index in [0.717, 1.165) is 51.5 Å². The fourth-order valence-corrected chi connectivity index (χ4v) is 8.57. The Kier molecular flexibility index (Phi) is 6.41. The number of furan rings is 1. The summed E-state index contributed by atoms with van der Waals surface area (Å²) < 4.78 is 6.50. The predicted octanol–water partition coefficient (Wildman–Crippen LogP) is 11.4. The van der Waals surface area contributed by atoms with Gasteiger partial charge in [0.2, 0.25) is 0 Å². The highest BCUT2D eigenvalue weighted by atomic mass is 16.3. The Labute approximate surface area is 301 Å². The largest absolute Gasteiger partial charge is 0.456 e. The fourth-order valence-electron chi connectivity index (χ4n) is 8.57. The zero-order valence-corrected chi connectivity index (χ0v) is 28.3. The topological polar surface area (TPSA) is 51.8 Å².